The van der Waals surface area contributed by atoms with Gasteiger partial charge in [-0.15, -0.1) is 11.3 Å². The Balaban J connectivity index is 2.18. The fourth-order valence-corrected chi connectivity index (χ4v) is 2.46. The van der Waals surface area contributed by atoms with E-state index in [-0.39, 0.29) is 5.54 Å². The van der Waals surface area contributed by atoms with Crippen LogP contribution >= 0.6 is 11.3 Å². The molecule has 0 radical (unpaired) electrons. The van der Waals surface area contributed by atoms with Gasteiger partial charge in [0.15, 0.2) is 0 Å². The van der Waals surface area contributed by atoms with Crippen LogP contribution in [0.3, 0.4) is 0 Å². The van der Waals surface area contributed by atoms with Gasteiger partial charge in [-0.3, -0.25) is 4.90 Å². The third kappa shape index (κ3) is 1.76. The van der Waals surface area contributed by atoms with Crippen molar-refractivity contribution in [3.63, 3.8) is 0 Å². The van der Waals surface area contributed by atoms with Crippen molar-refractivity contribution in [2.24, 2.45) is 0 Å². The van der Waals surface area contributed by atoms with Gasteiger partial charge in [0.1, 0.15) is 0 Å². The smallest absolute Gasteiger partial charge is 0.0798 e. The lowest BCUT2D eigenvalue weighted by atomic mass is 10.0. The molecule has 1 aliphatic heterocycles. The first-order valence-electron chi connectivity index (χ1n) is 4.73. The molecule has 72 valence electrons. The minimum Gasteiger partial charge on any atom is -0.292 e. The van der Waals surface area contributed by atoms with Crippen molar-refractivity contribution in [1.82, 2.24) is 9.88 Å². The molecular formula is C10H16N2S. The standard InChI is InChI=1S/C10H16N2S/c1-10(2,3)12-5-4-9-8(6-12)11-7-13-9/h7H,4-6H2,1-3H3. The minimum atomic E-state index is 0.279. The molecule has 0 atom stereocenters. The molecule has 0 aromatic carbocycles. The molecule has 2 nitrogen and oxygen atoms in total. The van der Waals surface area contributed by atoms with E-state index in [1.807, 2.05) is 5.51 Å². The van der Waals surface area contributed by atoms with Gasteiger partial charge in [-0.1, -0.05) is 0 Å². The highest BCUT2D eigenvalue weighted by atomic mass is 32.1. The molecule has 2 heterocycles. The summed E-state index contributed by atoms with van der Waals surface area (Å²) in [4.78, 5) is 8.38. The van der Waals surface area contributed by atoms with Gasteiger partial charge in [-0.25, -0.2) is 4.98 Å². The van der Waals surface area contributed by atoms with E-state index in [1.54, 1.807) is 11.3 Å². The Morgan fingerprint density at radius 3 is 2.92 bits per heavy atom. The summed E-state index contributed by atoms with van der Waals surface area (Å²) >= 11 is 1.80. The fourth-order valence-electron chi connectivity index (χ4n) is 1.69. The van der Waals surface area contributed by atoms with Crippen molar-refractivity contribution >= 4 is 11.3 Å². The maximum atomic E-state index is 4.40. The number of aromatic nitrogens is 1. The molecule has 0 bridgehead atoms. The lowest BCUT2D eigenvalue weighted by Crippen LogP contribution is -2.44. The van der Waals surface area contributed by atoms with E-state index in [9.17, 15) is 0 Å². The van der Waals surface area contributed by atoms with Gasteiger partial charge in [-0.2, -0.15) is 0 Å². The van der Waals surface area contributed by atoms with E-state index >= 15 is 0 Å². The highest BCUT2D eigenvalue weighted by Crippen LogP contribution is 2.26. The van der Waals surface area contributed by atoms with Gasteiger partial charge < -0.3 is 0 Å². The van der Waals surface area contributed by atoms with Crippen LogP contribution in [0.1, 0.15) is 31.3 Å². The molecule has 0 saturated carbocycles. The summed E-state index contributed by atoms with van der Waals surface area (Å²) in [7, 11) is 0. The topological polar surface area (TPSA) is 16.1 Å². The van der Waals surface area contributed by atoms with Crippen molar-refractivity contribution in [3.05, 3.63) is 16.1 Å². The third-order valence-corrected chi connectivity index (χ3v) is 3.56. The van der Waals surface area contributed by atoms with E-state index in [1.165, 1.54) is 23.5 Å². The largest absolute Gasteiger partial charge is 0.292 e. The van der Waals surface area contributed by atoms with Gasteiger partial charge in [0.2, 0.25) is 0 Å². The number of fused-ring (bicyclic) bond motifs is 1. The maximum Gasteiger partial charge on any atom is 0.0798 e. The molecule has 3 heteroatoms. The molecule has 0 aliphatic carbocycles. The molecule has 13 heavy (non-hydrogen) atoms. The summed E-state index contributed by atoms with van der Waals surface area (Å²) in [5, 5.41) is 0. The van der Waals surface area contributed by atoms with Crippen LogP contribution in [0.5, 0.6) is 0 Å². The van der Waals surface area contributed by atoms with E-state index in [0.29, 0.717) is 0 Å². The lowest BCUT2D eigenvalue weighted by Gasteiger charge is -2.37. The van der Waals surface area contributed by atoms with Crippen LogP contribution in [-0.4, -0.2) is 22.0 Å². The van der Waals surface area contributed by atoms with E-state index in [0.717, 1.165) is 6.54 Å². The second kappa shape index (κ2) is 3.07. The summed E-state index contributed by atoms with van der Waals surface area (Å²) in [6.07, 6.45) is 1.18. The second-order valence-electron chi connectivity index (χ2n) is 4.56. The Morgan fingerprint density at radius 2 is 2.23 bits per heavy atom. The van der Waals surface area contributed by atoms with Gasteiger partial charge in [0.05, 0.1) is 11.2 Å². The van der Waals surface area contributed by atoms with Crippen LogP contribution in [0.2, 0.25) is 0 Å². The van der Waals surface area contributed by atoms with E-state index < -0.39 is 0 Å². The zero-order chi connectivity index (χ0) is 9.47. The number of nitrogens with zero attached hydrogens (tertiary/aromatic N) is 2. The van der Waals surface area contributed by atoms with Gasteiger partial charge in [0, 0.05) is 23.5 Å². The Labute approximate surface area is 83.6 Å². The predicted octanol–water partition coefficient (Wildman–Crippen LogP) is 2.30. The molecule has 0 fully saturated rings. The molecular weight excluding hydrogens is 180 g/mol. The first-order valence-corrected chi connectivity index (χ1v) is 5.61. The molecule has 1 aliphatic rings. The van der Waals surface area contributed by atoms with Crippen LogP contribution < -0.4 is 0 Å². The Morgan fingerprint density at radius 1 is 1.46 bits per heavy atom. The maximum absolute atomic E-state index is 4.40. The molecule has 0 N–H and O–H groups in total. The zero-order valence-corrected chi connectivity index (χ0v) is 9.32. The van der Waals surface area contributed by atoms with Crippen LogP contribution in [0, 0.1) is 0 Å². The molecule has 1 aromatic rings. The average molecular weight is 196 g/mol. The zero-order valence-electron chi connectivity index (χ0n) is 8.50. The SMILES string of the molecule is CC(C)(C)N1CCc2scnc2C1. The molecule has 0 unspecified atom stereocenters. The van der Waals surface area contributed by atoms with E-state index in [4.69, 9.17) is 0 Å². The van der Waals surface area contributed by atoms with Gasteiger partial charge in [-0.05, 0) is 27.2 Å². The Kier molecular flexibility index (Phi) is 2.16. The second-order valence-corrected chi connectivity index (χ2v) is 5.50. The molecule has 2 rings (SSSR count). The number of hydrogen-bond acceptors (Lipinski definition) is 3. The van der Waals surface area contributed by atoms with Crippen molar-refractivity contribution < 1.29 is 0 Å². The molecule has 0 saturated heterocycles. The van der Waals surface area contributed by atoms with Crippen LogP contribution in [0.25, 0.3) is 0 Å². The number of hydrogen-bond donors (Lipinski definition) is 0. The summed E-state index contributed by atoms with van der Waals surface area (Å²) in [6, 6.07) is 0. The quantitative estimate of drug-likeness (QED) is 0.633. The minimum absolute atomic E-state index is 0.279. The van der Waals surface area contributed by atoms with Crippen molar-refractivity contribution in [2.45, 2.75) is 39.3 Å². The van der Waals surface area contributed by atoms with Crippen LogP contribution in [0.4, 0.5) is 0 Å². The Bertz CT molecular complexity index is 298. The molecule has 0 amide bonds. The predicted molar refractivity (Wildman–Crippen MR) is 56.0 cm³/mol. The number of thiazole rings is 1. The summed E-state index contributed by atoms with van der Waals surface area (Å²) in [5.74, 6) is 0. The van der Waals surface area contributed by atoms with Crippen molar-refractivity contribution in [3.8, 4) is 0 Å². The fraction of sp³-hybridized carbons (Fsp3) is 0.700. The van der Waals surface area contributed by atoms with Gasteiger partial charge in [0.25, 0.3) is 0 Å². The first kappa shape index (κ1) is 9.16. The lowest BCUT2D eigenvalue weighted by molar-refractivity contribution is 0.120. The highest BCUT2D eigenvalue weighted by molar-refractivity contribution is 7.09. The van der Waals surface area contributed by atoms with Gasteiger partial charge >= 0.3 is 0 Å². The van der Waals surface area contributed by atoms with Crippen molar-refractivity contribution in [1.29, 1.82) is 0 Å². The highest BCUT2D eigenvalue weighted by Gasteiger charge is 2.26. The monoisotopic (exact) mass is 196 g/mol. The summed E-state index contributed by atoms with van der Waals surface area (Å²) < 4.78 is 0. The molecule has 0 spiro atoms. The third-order valence-electron chi connectivity index (χ3n) is 2.62. The number of rotatable bonds is 0. The summed E-state index contributed by atoms with van der Waals surface area (Å²) in [6.45, 7) is 9.01. The first-order chi connectivity index (χ1) is 6.07. The van der Waals surface area contributed by atoms with Crippen LogP contribution in [-0.2, 0) is 13.0 Å². The summed E-state index contributed by atoms with van der Waals surface area (Å²) in [5.41, 5.74) is 3.55. The average Bonchev–Trinajstić information content (AvgIpc) is 2.47. The van der Waals surface area contributed by atoms with Crippen LogP contribution in [0.15, 0.2) is 5.51 Å². The molecule has 1 aromatic heterocycles. The van der Waals surface area contributed by atoms with Crippen molar-refractivity contribution in [2.75, 3.05) is 6.54 Å². The Hall–Kier alpha value is -0.410. The normalized spacial score (nSPS) is 18.7. The van der Waals surface area contributed by atoms with E-state index in [2.05, 4.69) is 30.7 Å².